The first-order chi connectivity index (χ1) is 9.39. The first-order valence-corrected chi connectivity index (χ1v) is 6.40. The third-order valence-corrected chi connectivity index (χ3v) is 2.98. The van der Waals surface area contributed by atoms with Gasteiger partial charge in [-0.2, -0.15) is 0 Å². The molecule has 1 heterocycles. The maximum absolute atomic E-state index is 11.7. The Balaban J connectivity index is 2.03. The monoisotopic (exact) mass is 295 g/mol. The summed E-state index contributed by atoms with van der Waals surface area (Å²) in [6.07, 6.45) is 1.28. The van der Waals surface area contributed by atoms with Crippen LogP contribution in [0.2, 0.25) is 5.02 Å². The summed E-state index contributed by atoms with van der Waals surface area (Å²) in [6.45, 7) is 3.38. The Morgan fingerprint density at radius 1 is 1.20 bits per heavy atom. The molecule has 1 saturated heterocycles. The molecule has 1 aromatic carbocycles. The molecule has 0 aliphatic carbocycles. The number of nitrogens with one attached hydrogen (secondary N) is 1. The number of esters is 2. The molecule has 5 nitrogen and oxygen atoms in total. The Kier molecular flexibility index (Phi) is 3.99. The van der Waals surface area contributed by atoms with E-state index < -0.39 is 17.7 Å². The fourth-order valence-electron chi connectivity index (χ4n) is 1.68. The third-order valence-electron chi connectivity index (χ3n) is 2.61. The Morgan fingerprint density at radius 3 is 2.40 bits per heavy atom. The molecule has 2 rings (SSSR count). The van der Waals surface area contributed by atoms with Gasteiger partial charge in [-0.15, -0.1) is 0 Å². The minimum Gasteiger partial charge on any atom is -0.419 e. The Hall–Kier alpha value is -2.01. The largest absolute Gasteiger partial charge is 0.419 e. The average Bonchev–Trinajstić information content (AvgIpc) is 2.33. The number of cyclic esters (lactones) is 2. The van der Waals surface area contributed by atoms with E-state index in [2.05, 4.69) is 5.32 Å². The highest BCUT2D eigenvalue weighted by molar-refractivity contribution is 6.31. The number of benzene rings is 1. The van der Waals surface area contributed by atoms with Gasteiger partial charge in [-0.3, -0.25) is 0 Å². The molecular formula is C14H14ClNO4. The predicted molar refractivity (Wildman–Crippen MR) is 72.6 cm³/mol. The van der Waals surface area contributed by atoms with Gasteiger partial charge in [0.2, 0.25) is 0 Å². The van der Waals surface area contributed by atoms with Crippen LogP contribution in [0.3, 0.4) is 0 Å². The SMILES string of the molecule is CC1(C)OC(=O)C(=CNCc2ccccc2Cl)C(=O)O1. The molecule has 20 heavy (non-hydrogen) atoms. The molecule has 0 unspecified atom stereocenters. The van der Waals surface area contributed by atoms with E-state index in [0.29, 0.717) is 11.6 Å². The molecule has 106 valence electrons. The molecule has 0 saturated carbocycles. The lowest BCUT2D eigenvalue weighted by Crippen LogP contribution is -2.42. The van der Waals surface area contributed by atoms with Gasteiger partial charge in [-0.25, -0.2) is 9.59 Å². The number of halogens is 1. The lowest BCUT2D eigenvalue weighted by Gasteiger charge is -2.29. The van der Waals surface area contributed by atoms with Crippen LogP contribution in [0.4, 0.5) is 0 Å². The van der Waals surface area contributed by atoms with Crippen molar-refractivity contribution < 1.29 is 19.1 Å². The molecule has 0 aromatic heterocycles. The molecule has 6 heteroatoms. The minimum absolute atomic E-state index is 0.170. The summed E-state index contributed by atoms with van der Waals surface area (Å²) in [5.74, 6) is -2.65. The van der Waals surface area contributed by atoms with Crippen molar-refractivity contribution in [2.75, 3.05) is 0 Å². The fraction of sp³-hybridized carbons (Fsp3) is 0.286. The Morgan fingerprint density at radius 2 is 1.80 bits per heavy atom. The van der Waals surface area contributed by atoms with Crippen molar-refractivity contribution in [3.8, 4) is 0 Å². The van der Waals surface area contributed by atoms with E-state index in [-0.39, 0.29) is 5.57 Å². The van der Waals surface area contributed by atoms with Crippen molar-refractivity contribution in [2.24, 2.45) is 0 Å². The zero-order valence-corrected chi connectivity index (χ0v) is 11.9. The van der Waals surface area contributed by atoms with Gasteiger partial charge in [0.05, 0.1) is 0 Å². The van der Waals surface area contributed by atoms with Crippen LogP contribution in [-0.2, 0) is 25.6 Å². The van der Waals surface area contributed by atoms with Gasteiger partial charge in [0.25, 0.3) is 5.79 Å². The molecule has 0 spiro atoms. The number of carbonyl (C=O) groups is 2. The lowest BCUT2D eigenvalue weighted by atomic mass is 10.2. The summed E-state index contributed by atoms with van der Waals surface area (Å²) in [5.41, 5.74) is 0.681. The van der Waals surface area contributed by atoms with Crippen LogP contribution in [0, 0.1) is 0 Å². The van der Waals surface area contributed by atoms with E-state index in [1.54, 1.807) is 6.07 Å². The summed E-state index contributed by atoms with van der Waals surface area (Å²) in [5, 5.41) is 3.46. The maximum Gasteiger partial charge on any atom is 0.350 e. The highest BCUT2D eigenvalue weighted by Gasteiger charge is 2.38. The van der Waals surface area contributed by atoms with Crippen molar-refractivity contribution in [3.05, 3.63) is 46.6 Å². The smallest absolute Gasteiger partial charge is 0.350 e. The number of ether oxygens (including phenoxy) is 2. The second kappa shape index (κ2) is 5.54. The van der Waals surface area contributed by atoms with E-state index in [1.807, 2.05) is 18.2 Å². The molecule has 0 atom stereocenters. The van der Waals surface area contributed by atoms with E-state index in [1.165, 1.54) is 20.0 Å². The number of hydrogen-bond acceptors (Lipinski definition) is 5. The minimum atomic E-state index is -1.23. The standard InChI is InChI=1S/C14H14ClNO4/c1-14(2)19-12(17)10(13(18)20-14)8-16-7-9-5-3-4-6-11(9)15/h3-6,8,16H,7H2,1-2H3. The van der Waals surface area contributed by atoms with Gasteiger partial charge >= 0.3 is 11.9 Å². The van der Waals surface area contributed by atoms with Crippen LogP contribution in [0.25, 0.3) is 0 Å². The van der Waals surface area contributed by atoms with Gasteiger partial charge in [0.1, 0.15) is 0 Å². The second-order valence-corrected chi connectivity index (χ2v) is 5.12. The van der Waals surface area contributed by atoms with Crippen LogP contribution in [0.5, 0.6) is 0 Å². The zero-order valence-electron chi connectivity index (χ0n) is 11.1. The number of rotatable bonds is 3. The molecule has 1 fully saturated rings. The summed E-state index contributed by atoms with van der Waals surface area (Å²) in [4.78, 5) is 23.3. The van der Waals surface area contributed by atoms with Gasteiger partial charge in [-0.1, -0.05) is 29.8 Å². The topological polar surface area (TPSA) is 64.6 Å². The summed E-state index contributed by atoms with van der Waals surface area (Å²) in [7, 11) is 0. The van der Waals surface area contributed by atoms with Crippen molar-refractivity contribution in [1.29, 1.82) is 0 Å². The highest BCUT2D eigenvalue weighted by Crippen LogP contribution is 2.22. The number of carbonyl (C=O) groups excluding carboxylic acids is 2. The molecule has 1 aliphatic heterocycles. The van der Waals surface area contributed by atoms with Gasteiger partial charge in [-0.05, 0) is 11.6 Å². The van der Waals surface area contributed by atoms with Crippen molar-refractivity contribution in [1.82, 2.24) is 5.32 Å². The van der Waals surface area contributed by atoms with Crippen LogP contribution in [-0.4, -0.2) is 17.7 Å². The predicted octanol–water partition coefficient (Wildman–Crippen LogP) is 2.15. The molecule has 1 N–H and O–H groups in total. The van der Waals surface area contributed by atoms with E-state index in [0.717, 1.165) is 5.56 Å². The fourth-order valence-corrected chi connectivity index (χ4v) is 1.89. The normalized spacial score (nSPS) is 17.2. The third kappa shape index (κ3) is 3.30. The molecule has 0 bridgehead atoms. The van der Waals surface area contributed by atoms with Crippen molar-refractivity contribution in [3.63, 3.8) is 0 Å². The van der Waals surface area contributed by atoms with Gasteiger partial charge in [0.15, 0.2) is 5.57 Å². The van der Waals surface area contributed by atoms with Crippen molar-refractivity contribution in [2.45, 2.75) is 26.2 Å². The van der Waals surface area contributed by atoms with Crippen LogP contribution >= 0.6 is 11.6 Å². The van der Waals surface area contributed by atoms with Crippen LogP contribution in [0.1, 0.15) is 19.4 Å². The molecule has 1 aromatic rings. The van der Waals surface area contributed by atoms with Gasteiger partial charge < -0.3 is 14.8 Å². The Bertz CT molecular complexity index is 558. The maximum atomic E-state index is 11.7. The summed E-state index contributed by atoms with van der Waals surface area (Å²) >= 11 is 6.00. The molecule has 0 radical (unpaired) electrons. The van der Waals surface area contributed by atoms with E-state index >= 15 is 0 Å². The lowest BCUT2D eigenvalue weighted by molar-refractivity contribution is -0.222. The Labute approximate surface area is 121 Å². The van der Waals surface area contributed by atoms with Crippen molar-refractivity contribution >= 4 is 23.5 Å². The first kappa shape index (κ1) is 14.4. The molecule has 0 amide bonds. The first-order valence-electron chi connectivity index (χ1n) is 6.03. The van der Waals surface area contributed by atoms with E-state index in [4.69, 9.17) is 21.1 Å². The molecular weight excluding hydrogens is 282 g/mol. The second-order valence-electron chi connectivity index (χ2n) is 4.71. The quantitative estimate of drug-likeness (QED) is 0.526. The highest BCUT2D eigenvalue weighted by atomic mass is 35.5. The average molecular weight is 296 g/mol. The van der Waals surface area contributed by atoms with Crippen LogP contribution in [0.15, 0.2) is 36.0 Å². The molecule has 1 aliphatic rings. The summed E-state index contributed by atoms with van der Waals surface area (Å²) in [6, 6.07) is 7.27. The van der Waals surface area contributed by atoms with E-state index in [9.17, 15) is 9.59 Å². The number of hydrogen-bond donors (Lipinski definition) is 1. The summed E-state index contributed by atoms with van der Waals surface area (Å²) < 4.78 is 9.93. The zero-order chi connectivity index (χ0) is 14.8. The van der Waals surface area contributed by atoms with Gasteiger partial charge in [0, 0.05) is 31.6 Å². The van der Waals surface area contributed by atoms with Crippen LogP contribution < -0.4 is 5.32 Å².